The normalized spacial score (nSPS) is 14.3. The van der Waals surface area contributed by atoms with Gasteiger partial charge in [0, 0.05) is 32.0 Å². The Morgan fingerprint density at radius 3 is 2.67 bits per heavy atom. The third-order valence-electron chi connectivity index (χ3n) is 3.00. The Labute approximate surface area is 108 Å². The highest BCUT2D eigenvalue weighted by Crippen LogP contribution is 2.22. The third-order valence-corrected chi connectivity index (χ3v) is 3.00. The van der Waals surface area contributed by atoms with Crippen molar-refractivity contribution in [2.24, 2.45) is 0 Å². The average Bonchev–Trinajstić information content (AvgIpc) is 3.20. The summed E-state index contributed by atoms with van der Waals surface area (Å²) in [6, 6.07) is 0.527. The van der Waals surface area contributed by atoms with E-state index in [0.29, 0.717) is 17.6 Å². The minimum Gasteiger partial charge on any atom is -0.351 e. The molecule has 0 aliphatic heterocycles. The molecule has 5 heteroatoms. The molecule has 5 nitrogen and oxygen atoms in total. The zero-order valence-corrected chi connectivity index (χ0v) is 11.0. The molecule has 0 saturated heterocycles. The summed E-state index contributed by atoms with van der Waals surface area (Å²) in [5.41, 5.74) is 0.551. The van der Waals surface area contributed by atoms with Crippen LogP contribution in [-0.4, -0.2) is 40.4 Å². The highest BCUT2D eigenvalue weighted by molar-refractivity contribution is 5.93. The van der Waals surface area contributed by atoms with E-state index >= 15 is 0 Å². The zero-order valence-electron chi connectivity index (χ0n) is 11.0. The van der Waals surface area contributed by atoms with Crippen molar-refractivity contribution in [2.45, 2.75) is 38.6 Å². The molecule has 1 amide bonds. The van der Waals surface area contributed by atoms with Crippen molar-refractivity contribution >= 4 is 11.9 Å². The number of nitrogens with one attached hydrogen (secondary N) is 1. The highest BCUT2D eigenvalue weighted by Gasteiger charge is 2.22. The number of anilines is 1. The van der Waals surface area contributed by atoms with Crippen LogP contribution in [0.1, 0.15) is 43.0 Å². The molecular formula is C13H20N4O. The lowest BCUT2D eigenvalue weighted by atomic mass is 10.2. The van der Waals surface area contributed by atoms with Gasteiger partial charge in [-0.1, -0.05) is 13.3 Å². The zero-order chi connectivity index (χ0) is 13.0. The maximum Gasteiger partial charge on any atom is 0.256 e. The molecule has 1 aromatic rings. The molecule has 1 N–H and O–H groups in total. The standard InChI is InChI=1S/C13H20N4O/c1-3-4-7-17(2)12(18)10-8-14-13(15-9-10)16-11-5-6-11/h8-9,11H,3-7H2,1-2H3,(H,14,15,16). The molecule has 1 aliphatic carbocycles. The van der Waals surface area contributed by atoms with Crippen LogP contribution in [0.25, 0.3) is 0 Å². The number of aromatic nitrogens is 2. The molecule has 0 aromatic carbocycles. The number of rotatable bonds is 6. The van der Waals surface area contributed by atoms with Crippen molar-refractivity contribution in [1.29, 1.82) is 0 Å². The number of carbonyl (C=O) groups is 1. The van der Waals surface area contributed by atoms with Crippen LogP contribution in [0.5, 0.6) is 0 Å². The van der Waals surface area contributed by atoms with E-state index in [-0.39, 0.29) is 5.91 Å². The first-order valence-electron chi connectivity index (χ1n) is 6.54. The van der Waals surface area contributed by atoms with E-state index in [9.17, 15) is 4.79 Å². The maximum atomic E-state index is 12.0. The van der Waals surface area contributed by atoms with Gasteiger partial charge in [-0.3, -0.25) is 4.79 Å². The van der Waals surface area contributed by atoms with Gasteiger partial charge in [-0.2, -0.15) is 0 Å². The predicted molar refractivity (Wildman–Crippen MR) is 70.5 cm³/mol. The van der Waals surface area contributed by atoms with Crippen molar-refractivity contribution in [1.82, 2.24) is 14.9 Å². The summed E-state index contributed by atoms with van der Waals surface area (Å²) in [7, 11) is 1.81. The Morgan fingerprint density at radius 2 is 2.11 bits per heavy atom. The minimum atomic E-state index is -0.0126. The highest BCUT2D eigenvalue weighted by atomic mass is 16.2. The second kappa shape index (κ2) is 5.80. The Hall–Kier alpha value is -1.65. The van der Waals surface area contributed by atoms with Crippen molar-refractivity contribution in [2.75, 3.05) is 18.9 Å². The van der Waals surface area contributed by atoms with Gasteiger partial charge in [-0.25, -0.2) is 9.97 Å². The third kappa shape index (κ3) is 3.42. The van der Waals surface area contributed by atoms with Gasteiger partial charge in [0.15, 0.2) is 0 Å². The van der Waals surface area contributed by atoms with Crippen LogP contribution in [0.4, 0.5) is 5.95 Å². The summed E-state index contributed by atoms with van der Waals surface area (Å²) in [5, 5.41) is 3.20. The fourth-order valence-corrected chi connectivity index (χ4v) is 1.64. The molecule has 18 heavy (non-hydrogen) atoms. The predicted octanol–water partition coefficient (Wildman–Crippen LogP) is 1.92. The van der Waals surface area contributed by atoms with Crippen LogP contribution in [0.3, 0.4) is 0 Å². The Balaban J connectivity index is 1.92. The van der Waals surface area contributed by atoms with E-state index in [1.165, 1.54) is 12.8 Å². The van der Waals surface area contributed by atoms with E-state index in [1.54, 1.807) is 17.3 Å². The Kier molecular flexibility index (Phi) is 4.12. The van der Waals surface area contributed by atoms with Gasteiger partial charge >= 0.3 is 0 Å². The smallest absolute Gasteiger partial charge is 0.256 e. The SMILES string of the molecule is CCCCN(C)C(=O)c1cnc(NC2CC2)nc1. The number of amides is 1. The molecule has 0 spiro atoms. The number of carbonyl (C=O) groups excluding carboxylic acids is 1. The molecule has 1 aliphatic rings. The summed E-state index contributed by atoms with van der Waals surface area (Å²) in [4.78, 5) is 22.1. The van der Waals surface area contributed by atoms with Crippen LogP contribution in [0, 0.1) is 0 Å². The molecule has 0 atom stereocenters. The van der Waals surface area contributed by atoms with Crippen LogP contribution in [-0.2, 0) is 0 Å². The van der Waals surface area contributed by atoms with Crippen LogP contribution < -0.4 is 5.32 Å². The fourth-order valence-electron chi connectivity index (χ4n) is 1.64. The number of nitrogens with zero attached hydrogens (tertiary/aromatic N) is 3. The average molecular weight is 248 g/mol. The van der Waals surface area contributed by atoms with Crippen LogP contribution >= 0.6 is 0 Å². The van der Waals surface area contributed by atoms with E-state index in [4.69, 9.17) is 0 Å². The second-order valence-corrected chi connectivity index (χ2v) is 4.79. The Bertz CT molecular complexity index is 400. The van der Waals surface area contributed by atoms with Crippen molar-refractivity contribution < 1.29 is 4.79 Å². The van der Waals surface area contributed by atoms with Crippen molar-refractivity contribution in [3.63, 3.8) is 0 Å². The first-order chi connectivity index (χ1) is 8.70. The van der Waals surface area contributed by atoms with Crippen molar-refractivity contribution in [3.05, 3.63) is 18.0 Å². The molecular weight excluding hydrogens is 228 g/mol. The largest absolute Gasteiger partial charge is 0.351 e. The lowest BCUT2D eigenvalue weighted by molar-refractivity contribution is 0.0792. The monoisotopic (exact) mass is 248 g/mol. The van der Waals surface area contributed by atoms with E-state index in [1.807, 2.05) is 7.05 Å². The molecule has 98 valence electrons. The topological polar surface area (TPSA) is 58.1 Å². The van der Waals surface area contributed by atoms with E-state index in [2.05, 4.69) is 22.2 Å². The molecule has 1 heterocycles. The van der Waals surface area contributed by atoms with Gasteiger partial charge in [-0.15, -0.1) is 0 Å². The number of unbranched alkanes of at least 4 members (excludes halogenated alkanes) is 1. The fraction of sp³-hybridized carbons (Fsp3) is 0.615. The maximum absolute atomic E-state index is 12.0. The van der Waals surface area contributed by atoms with Gasteiger partial charge in [0.05, 0.1) is 5.56 Å². The first kappa shape index (κ1) is 12.8. The van der Waals surface area contributed by atoms with Gasteiger partial charge in [-0.05, 0) is 19.3 Å². The van der Waals surface area contributed by atoms with Crippen LogP contribution in [0.2, 0.25) is 0 Å². The summed E-state index contributed by atoms with van der Waals surface area (Å²) < 4.78 is 0. The van der Waals surface area contributed by atoms with E-state index in [0.717, 1.165) is 19.4 Å². The van der Waals surface area contributed by atoms with Crippen LogP contribution in [0.15, 0.2) is 12.4 Å². The molecule has 0 bridgehead atoms. The minimum absolute atomic E-state index is 0.0126. The Morgan fingerprint density at radius 1 is 1.44 bits per heavy atom. The number of hydrogen-bond acceptors (Lipinski definition) is 4. The molecule has 2 rings (SSSR count). The summed E-state index contributed by atoms with van der Waals surface area (Å²) in [6.45, 7) is 2.89. The second-order valence-electron chi connectivity index (χ2n) is 4.79. The summed E-state index contributed by atoms with van der Waals surface area (Å²) >= 11 is 0. The lowest BCUT2D eigenvalue weighted by Gasteiger charge is -2.16. The molecule has 0 radical (unpaired) electrons. The van der Waals surface area contributed by atoms with Gasteiger partial charge in [0.25, 0.3) is 5.91 Å². The number of hydrogen-bond donors (Lipinski definition) is 1. The summed E-state index contributed by atoms with van der Waals surface area (Å²) in [6.07, 6.45) is 7.67. The molecule has 1 saturated carbocycles. The molecule has 0 unspecified atom stereocenters. The van der Waals surface area contributed by atoms with Gasteiger partial charge < -0.3 is 10.2 Å². The van der Waals surface area contributed by atoms with Gasteiger partial charge in [0.1, 0.15) is 0 Å². The van der Waals surface area contributed by atoms with Crippen molar-refractivity contribution in [3.8, 4) is 0 Å². The summed E-state index contributed by atoms with van der Waals surface area (Å²) in [5.74, 6) is 0.603. The lowest BCUT2D eigenvalue weighted by Crippen LogP contribution is -2.28. The first-order valence-corrected chi connectivity index (χ1v) is 6.54. The molecule has 1 fully saturated rings. The van der Waals surface area contributed by atoms with Gasteiger partial charge in [0.2, 0.25) is 5.95 Å². The quantitative estimate of drug-likeness (QED) is 0.835. The molecule has 1 aromatic heterocycles. The van der Waals surface area contributed by atoms with E-state index < -0.39 is 0 Å².